The Balaban J connectivity index is 1.86. The van der Waals surface area contributed by atoms with Crippen molar-refractivity contribution < 1.29 is 9.26 Å². The Bertz CT molecular complexity index is 623. The minimum absolute atomic E-state index is 0.355. The van der Waals surface area contributed by atoms with Crippen LogP contribution in [0.4, 0.5) is 0 Å². The molecule has 0 bridgehead atoms. The molecular weight excluding hydrogens is 290 g/mol. The van der Waals surface area contributed by atoms with Gasteiger partial charge in [-0.3, -0.25) is 0 Å². The maximum absolute atomic E-state index is 6.18. The van der Waals surface area contributed by atoms with E-state index < -0.39 is 11.6 Å². The van der Waals surface area contributed by atoms with Gasteiger partial charge in [-0.2, -0.15) is 4.98 Å². The van der Waals surface area contributed by atoms with E-state index in [0.29, 0.717) is 16.7 Å². The molecule has 1 aliphatic rings. The van der Waals surface area contributed by atoms with Crippen LogP contribution in [0.3, 0.4) is 0 Å². The van der Waals surface area contributed by atoms with Crippen molar-refractivity contribution in [1.29, 1.82) is 0 Å². The number of rotatable bonds is 3. The van der Waals surface area contributed by atoms with E-state index in [4.69, 9.17) is 26.6 Å². The Kier molecular flexibility index (Phi) is 3.97. The molecule has 6 heteroatoms. The first-order valence-corrected chi connectivity index (χ1v) is 7.46. The van der Waals surface area contributed by atoms with Gasteiger partial charge >= 0.3 is 0 Å². The zero-order chi connectivity index (χ0) is 14.9. The van der Waals surface area contributed by atoms with Crippen molar-refractivity contribution in [1.82, 2.24) is 10.1 Å². The van der Waals surface area contributed by atoms with Crippen LogP contribution < -0.4 is 5.73 Å². The Morgan fingerprint density at radius 1 is 1.33 bits per heavy atom. The number of hydrogen-bond acceptors (Lipinski definition) is 5. The Morgan fingerprint density at radius 3 is 2.86 bits per heavy atom. The maximum Gasteiger partial charge on any atom is 0.248 e. The number of ether oxygens (including phenoxy) is 1. The third-order valence-corrected chi connectivity index (χ3v) is 4.23. The van der Waals surface area contributed by atoms with Gasteiger partial charge in [-0.25, -0.2) is 0 Å². The molecule has 2 heterocycles. The average molecular weight is 308 g/mol. The van der Waals surface area contributed by atoms with Crippen LogP contribution in [0.15, 0.2) is 28.8 Å². The number of nitrogens with two attached hydrogens (primary N) is 1. The zero-order valence-corrected chi connectivity index (χ0v) is 12.6. The molecule has 1 fully saturated rings. The molecule has 0 spiro atoms. The molecule has 2 N–H and O–H groups in total. The molecule has 0 saturated carbocycles. The van der Waals surface area contributed by atoms with Crippen molar-refractivity contribution in [2.45, 2.75) is 37.8 Å². The second-order valence-electron chi connectivity index (χ2n) is 5.49. The summed E-state index contributed by atoms with van der Waals surface area (Å²) in [5.41, 5.74) is 6.46. The van der Waals surface area contributed by atoms with Crippen molar-refractivity contribution in [3.8, 4) is 0 Å². The smallest absolute Gasteiger partial charge is 0.248 e. The molecule has 1 unspecified atom stereocenters. The minimum Gasteiger partial charge on any atom is -0.367 e. The van der Waals surface area contributed by atoms with Crippen molar-refractivity contribution in [2.75, 3.05) is 6.61 Å². The van der Waals surface area contributed by atoms with Gasteiger partial charge in [-0.05, 0) is 37.8 Å². The van der Waals surface area contributed by atoms with Gasteiger partial charge in [0, 0.05) is 11.6 Å². The van der Waals surface area contributed by atoms with E-state index in [2.05, 4.69) is 10.1 Å². The monoisotopic (exact) mass is 307 g/mol. The molecule has 1 saturated heterocycles. The van der Waals surface area contributed by atoms with Crippen molar-refractivity contribution in [3.63, 3.8) is 0 Å². The van der Waals surface area contributed by atoms with Gasteiger partial charge in [-0.1, -0.05) is 35.0 Å². The van der Waals surface area contributed by atoms with Crippen LogP contribution in [-0.4, -0.2) is 16.7 Å². The summed E-state index contributed by atoms with van der Waals surface area (Å²) in [6, 6.07) is 6.85. The van der Waals surface area contributed by atoms with Crippen molar-refractivity contribution >= 4 is 11.6 Å². The fraction of sp³-hybridized carbons (Fsp3) is 0.467. The highest BCUT2D eigenvalue weighted by molar-refractivity contribution is 6.31. The molecule has 2 atom stereocenters. The van der Waals surface area contributed by atoms with E-state index in [-0.39, 0.29) is 0 Å². The van der Waals surface area contributed by atoms with Crippen LogP contribution >= 0.6 is 11.6 Å². The number of halogens is 1. The Labute approximate surface area is 128 Å². The first-order chi connectivity index (χ1) is 10.1. The molecule has 112 valence electrons. The molecule has 2 aromatic rings. The lowest BCUT2D eigenvalue weighted by atomic mass is 9.95. The average Bonchev–Trinajstić information content (AvgIpc) is 2.98. The summed E-state index contributed by atoms with van der Waals surface area (Å²) < 4.78 is 11.2. The largest absolute Gasteiger partial charge is 0.367 e. The Hall–Kier alpha value is -1.43. The topological polar surface area (TPSA) is 74.2 Å². The second-order valence-corrected chi connectivity index (χ2v) is 5.90. The van der Waals surface area contributed by atoms with E-state index in [1.807, 2.05) is 25.1 Å². The van der Waals surface area contributed by atoms with Gasteiger partial charge in [0.2, 0.25) is 11.7 Å². The van der Waals surface area contributed by atoms with Crippen LogP contribution in [0.25, 0.3) is 0 Å². The SMILES string of the molecule is CC1(c2noc([C@H](N)c3ccccc3Cl)n2)CCCCO1. The summed E-state index contributed by atoms with van der Waals surface area (Å²) in [5, 5.41) is 4.64. The number of benzene rings is 1. The molecule has 5 nitrogen and oxygen atoms in total. The number of nitrogens with zero attached hydrogens (tertiary/aromatic N) is 2. The van der Waals surface area contributed by atoms with Crippen LogP contribution in [-0.2, 0) is 10.3 Å². The highest BCUT2D eigenvalue weighted by atomic mass is 35.5. The zero-order valence-electron chi connectivity index (χ0n) is 11.9. The van der Waals surface area contributed by atoms with Gasteiger partial charge < -0.3 is 15.0 Å². The van der Waals surface area contributed by atoms with Crippen LogP contribution in [0.2, 0.25) is 5.02 Å². The number of aromatic nitrogens is 2. The molecule has 3 rings (SSSR count). The van der Waals surface area contributed by atoms with Crippen LogP contribution in [0.5, 0.6) is 0 Å². The van der Waals surface area contributed by atoms with Gasteiger partial charge in [0.25, 0.3) is 0 Å². The predicted octanol–water partition coefficient (Wildman–Crippen LogP) is 3.19. The van der Waals surface area contributed by atoms with Gasteiger partial charge in [0.15, 0.2) is 0 Å². The lowest BCUT2D eigenvalue weighted by Crippen LogP contribution is -2.31. The standard InChI is InChI=1S/C15H18ClN3O2/c1-15(8-4-5-9-20-15)14-18-13(21-19-14)12(17)10-6-2-3-7-11(10)16/h2-3,6-7,12H,4-5,8-9,17H2,1H3/t12-,15?/m1/s1. The molecular formula is C15H18ClN3O2. The van der Waals surface area contributed by atoms with Crippen molar-refractivity contribution in [2.24, 2.45) is 5.73 Å². The first-order valence-electron chi connectivity index (χ1n) is 7.08. The fourth-order valence-corrected chi connectivity index (χ4v) is 2.80. The third-order valence-electron chi connectivity index (χ3n) is 3.89. The molecule has 0 radical (unpaired) electrons. The quantitative estimate of drug-likeness (QED) is 0.942. The summed E-state index contributed by atoms with van der Waals surface area (Å²) in [5.74, 6) is 0.910. The summed E-state index contributed by atoms with van der Waals surface area (Å²) in [7, 11) is 0. The van der Waals surface area contributed by atoms with E-state index >= 15 is 0 Å². The minimum atomic E-state index is -0.535. The fourth-order valence-electron chi connectivity index (χ4n) is 2.55. The summed E-state index contributed by atoms with van der Waals surface area (Å²) in [6.07, 6.45) is 3.05. The van der Waals surface area contributed by atoms with E-state index in [9.17, 15) is 0 Å². The van der Waals surface area contributed by atoms with Gasteiger partial charge in [0.05, 0.1) is 0 Å². The van der Waals surface area contributed by atoms with Gasteiger partial charge in [0.1, 0.15) is 11.6 Å². The summed E-state index contributed by atoms with van der Waals surface area (Å²) in [4.78, 5) is 4.44. The normalized spacial score (nSPS) is 24.0. The molecule has 0 amide bonds. The molecule has 1 aromatic carbocycles. The third kappa shape index (κ3) is 2.81. The Morgan fingerprint density at radius 2 is 2.14 bits per heavy atom. The number of hydrogen-bond donors (Lipinski definition) is 1. The molecule has 21 heavy (non-hydrogen) atoms. The lowest BCUT2D eigenvalue weighted by molar-refractivity contribution is -0.0770. The predicted molar refractivity (Wildman–Crippen MR) is 78.9 cm³/mol. The van der Waals surface area contributed by atoms with E-state index in [0.717, 1.165) is 31.4 Å². The summed E-state index contributed by atoms with van der Waals surface area (Å²) >= 11 is 6.16. The van der Waals surface area contributed by atoms with Crippen LogP contribution in [0.1, 0.15) is 49.5 Å². The first kappa shape index (κ1) is 14.5. The summed E-state index contributed by atoms with van der Waals surface area (Å²) in [6.45, 7) is 2.71. The van der Waals surface area contributed by atoms with Gasteiger partial charge in [-0.15, -0.1) is 0 Å². The molecule has 1 aromatic heterocycles. The lowest BCUT2D eigenvalue weighted by Gasteiger charge is -2.30. The van der Waals surface area contributed by atoms with Crippen LogP contribution in [0, 0.1) is 0 Å². The van der Waals surface area contributed by atoms with E-state index in [1.165, 1.54) is 0 Å². The highest BCUT2D eigenvalue weighted by Gasteiger charge is 2.35. The molecule has 1 aliphatic heterocycles. The second kappa shape index (κ2) is 5.75. The van der Waals surface area contributed by atoms with E-state index in [1.54, 1.807) is 6.07 Å². The molecule has 0 aliphatic carbocycles. The maximum atomic E-state index is 6.18. The highest BCUT2D eigenvalue weighted by Crippen LogP contribution is 2.34. The van der Waals surface area contributed by atoms with Crippen molar-refractivity contribution in [3.05, 3.63) is 46.6 Å².